The van der Waals surface area contributed by atoms with E-state index in [2.05, 4.69) is 17.2 Å². The Kier molecular flexibility index (Phi) is 4.69. The van der Waals surface area contributed by atoms with E-state index in [1.807, 2.05) is 17.8 Å². The van der Waals surface area contributed by atoms with Crippen LogP contribution in [0.25, 0.3) is 0 Å². The summed E-state index contributed by atoms with van der Waals surface area (Å²) in [5, 5.41) is 4.04. The van der Waals surface area contributed by atoms with Crippen molar-refractivity contribution >= 4 is 17.7 Å². The van der Waals surface area contributed by atoms with Gasteiger partial charge in [-0.05, 0) is 18.8 Å². The van der Waals surface area contributed by atoms with Gasteiger partial charge in [-0.2, -0.15) is 0 Å². The molecular formula is C13H21N3OS. The highest BCUT2D eigenvalue weighted by Gasteiger charge is 2.22. The van der Waals surface area contributed by atoms with Crippen LogP contribution in [0.2, 0.25) is 0 Å². The normalized spacial score (nSPS) is 23.9. The number of hydrogen-bond acceptors (Lipinski definition) is 3. The van der Waals surface area contributed by atoms with Gasteiger partial charge in [0.05, 0.1) is 5.75 Å². The Morgan fingerprint density at radius 2 is 2.33 bits per heavy atom. The van der Waals surface area contributed by atoms with Gasteiger partial charge in [0.15, 0.2) is 5.16 Å². The second-order valence-corrected chi connectivity index (χ2v) is 5.99. The number of carbonyl (C=O) groups excluding carboxylic acids is 1. The highest BCUT2D eigenvalue weighted by molar-refractivity contribution is 7.99. The molecule has 5 heteroatoms. The summed E-state index contributed by atoms with van der Waals surface area (Å²) < 4.78 is 1.93. The maximum Gasteiger partial charge on any atom is 0.230 e. The molecule has 1 N–H and O–H groups in total. The Labute approximate surface area is 113 Å². The summed E-state index contributed by atoms with van der Waals surface area (Å²) >= 11 is 1.49. The SMILES string of the molecule is C[C@H]1CCCC[C@@H]1NC(=O)CSc1nccn1C. The second kappa shape index (κ2) is 6.27. The Morgan fingerprint density at radius 1 is 1.56 bits per heavy atom. The number of imidazole rings is 1. The number of rotatable bonds is 4. The highest BCUT2D eigenvalue weighted by atomic mass is 32.2. The van der Waals surface area contributed by atoms with Crippen LogP contribution in [0.4, 0.5) is 0 Å². The van der Waals surface area contributed by atoms with Crippen LogP contribution in [-0.2, 0) is 11.8 Å². The first-order valence-electron chi connectivity index (χ1n) is 6.56. The Balaban J connectivity index is 1.76. The molecule has 0 bridgehead atoms. The van der Waals surface area contributed by atoms with Crippen LogP contribution >= 0.6 is 11.8 Å². The fourth-order valence-electron chi connectivity index (χ4n) is 2.40. The van der Waals surface area contributed by atoms with Gasteiger partial charge >= 0.3 is 0 Å². The minimum absolute atomic E-state index is 0.127. The van der Waals surface area contributed by atoms with Crippen molar-refractivity contribution in [1.29, 1.82) is 0 Å². The van der Waals surface area contributed by atoms with Crippen molar-refractivity contribution in [2.75, 3.05) is 5.75 Å². The van der Waals surface area contributed by atoms with Gasteiger partial charge in [0, 0.05) is 25.5 Å². The summed E-state index contributed by atoms with van der Waals surface area (Å²) in [6.07, 6.45) is 8.54. The monoisotopic (exact) mass is 267 g/mol. The predicted molar refractivity (Wildman–Crippen MR) is 73.5 cm³/mol. The molecule has 0 radical (unpaired) electrons. The first kappa shape index (κ1) is 13.5. The summed E-state index contributed by atoms with van der Waals surface area (Å²) in [6.45, 7) is 2.23. The fraction of sp³-hybridized carbons (Fsp3) is 0.692. The van der Waals surface area contributed by atoms with E-state index in [4.69, 9.17) is 0 Å². The van der Waals surface area contributed by atoms with E-state index < -0.39 is 0 Å². The lowest BCUT2D eigenvalue weighted by Crippen LogP contribution is -2.41. The molecule has 1 aliphatic carbocycles. The molecule has 2 rings (SSSR count). The first-order chi connectivity index (χ1) is 8.66. The van der Waals surface area contributed by atoms with Gasteiger partial charge in [-0.3, -0.25) is 4.79 Å². The summed E-state index contributed by atoms with van der Waals surface area (Å²) in [4.78, 5) is 16.1. The molecule has 100 valence electrons. The number of aryl methyl sites for hydroxylation is 1. The van der Waals surface area contributed by atoms with Crippen molar-refractivity contribution in [2.45, 2.75) is 43.8 Å². The standard InChI is InChI=1S/C13H21N3OS/c1-10-5-3-4-6-11(10)15-12(17)9-18-13-14-7-8-16(13)2/h7-8,10-11H,3-6,9H2,1-2H3,(H,15,17)/t10-,11-/m0/s1. The van der Waals surface area contributed by atoms with Gasteiger partial charge in [-0.25, -0.2) is 4.98 Å². The van der Waals surface area contributed by atoms with Crippen molar-refractivity contribution in [3.05, 3.63) is 12.4 Å². The van der Waals surface area contributed by atoms with Gasteiger partial charge in [-0.1, -0.05) is 31.5 Å². The fourth-order valence-corrected chi connectivity index (χ4v) is 3.14. The molecule has 0 spiro atoms. The molecule has 18 heavy (non-hydrogen) atoms. The summed E-state index contributed by atoms with van der Waals surface area (Å²) in [5.74, 6) is 1.19. The van der Waals surface area contributed by atoms with E-state index in [0.29, 0.717) is 17.7 Å². The van der Waals surface area contributed by atoms with Crippen molar-refractivity contribution in [3.8, 4) is 0 Å². The number of aromatic nitrogens is 2. The molecule has 1 aromatic rings. The molecule has 0 aromatic carbocycles. The third-order valence-electron chi connectivity index (χ3n) is 3.57. The quantitative estimate of drug-likeness (QED) is 0.851. The van der Waals surface area contributed by atoms with Gasteiger partial charge in [0.1, 0.15) is 0 Å². The zero-order chi connectivity index (χ0) is 13.0. The topological polar surface area (TPSA) is 46.9 Å². The third-order valence-corrected chi connectivity index (χ3v) is 4.63. The lowest BCUT2D eigenvalue weighted by atomic mass is 9.86. The van der Waals surface area contributed by atoms with E-state index in [0.717, 1.165) is 11.6 Å². The summed E-state index contributed by atoms with van der Waals surface area (Å²) in [7, 11) is 1.94. The Hall–Kier alpha value is -0.970. The van der Waals surface area contributed by atoms with E-state index >= 15 is 0 Å². The van der Waals surface area contributed by atoms with Crippen LogP contribution in [0.15, 0.2) is 17.6 Å². The van der Waals surface area contributed by atoms with Crippen LogP contribution in [0, 0.1) is 5.92 Å². The van der Waals surface area contributed by atoms with Crippen LogP contribution in [0.3, 0.4) is 0 Å². The number of carbonyl (C=O) groups is 1. The highest BCUT2D eigenvalue weighted by Crippen LogP contribution is 2.24. The Morgan fingerprint density at radius 3 is 3.00 bits per heavy atom. The van der Waals surface area contributed by atoms with Crippen LogP contribution in [0.5, 0.6) is 0 Å². The van der Waals surface area contributed by atoms with Gasteiger partial charge < -0.3 is 9.88 Å². The average Bonchev–Trinajstić information content (AvgIpc) is 2.75. The second-order valence-electron chi connectivity index (χ2n) is 5.05. The summed E-state index contributed by atoms with van der Waals surface area (Å²) in [5.41, 5.74) is 0. The van der Waals surface area contributed by atoms with Crippen molar-refractivity contribution in [3.63, 3.8) is 0 Å². The maximum atomic E-state index is 11.9. The number of thioether (sulfide) groups is 1. The lowest BCUT2D eigenvalue weighted by molar-refractivity contribution is -0.119. The van der Waals surface area contributed by atoms with Crippen molar-refractivity contribution in [2.24, 2.45) is 13.0 Å². The minimum Gasteiger partial charge on any atom is -0.352 e. The van der Waals surface area contributed by atoms with Gasteiger partial charge in [-0.15, -0.1) is 0 Å². The number of amides is 1. The molecule has 2 atom stereocenters. The zero-order valence-electron chi connectivity index (χ0n) is 11.1. The van der Waals surface area contributed by atoms with E-state index in [1.54, 1.807) is 6.20 Å². The molecule has 1 heterocycles. The first-order valence-corrected chi connectivity index (χ1v) is 7.55. The van der Waals surface area contributed by atoms with Gasteiger partial charge in [0.25, 0.3) is 0 Å². The molecule has 0 aliphatic heterocycles. The van der Waals surface area contributed by atoms with E-state index in [-0.39, 0.29) is 5.91 Å². The lowest BCUT2D eigenvalue weighted by Gasteiger charge is -2.29. The van der Waals surface area contributed by atoms with Crippen LogP contribution in [0.1, 0.15) is 32.6 Å². The van der Waals surface area contributed by atoms with Crippen LogP contribution in [-0.4, -0.2) is 27.3 Å². The number of hydrogen-bond donors (Lipinski definition) is 1. The Bertz CT molecular complexity index is 405. The van der Waals surface area contributed by atoms with Crippen molar-refractivity contribution in [1.82, 2.24) is 14.9 Å². The summed E-state index contributed by atoms with van der Waals surface area (Å²) in [6, 6.07) is 0.369. The largest absolute Gasteiger partial charge is 0.352 e. The van der Waals surface area contributed by atoms with E-state index in [9.17, 15) is 4.79 Å². The molecule has 1 saturated carbocycles. The molecule has 0 saturated heterocycles. The molecule has 1 aliphatic rings. The van der Waals surface area contributed by atoms with Crippen molar-refractivity contribution < 1.29 is 4.79 Å². The van der Waals surface area contributed by atoms with Gasteiger partial charge in [0.2, 0.25) is 5.91 Å². The molecular weight excluding hydrogens is 246 g/mol. The van der Waals surface area contributed by atoms with E-state index in [1.165, 1.54) is 31.0 Å². The number of nitrogens with zero attached hydrogens (tertiary/aromatic N) is 2. The van der Waals surface area contributed by atoms with Crippen LogP contribution < -0.4 is 5.32 Å². The molecule has 1 amide bonds. The molecule has 1 aromatic heterocycles. The molecule has 0 unspecified atom stereocenters. The average molecular weight is 267 g/mol. The molecule has 4 nitrogen and oxygen atoms in total. The minimum atomic E-state index is 0.127. The maximum absolute atomic E-state index is 11.9. The smallest absolute Gasteiger partial charge is 0.230 e. The third kappa shape index (κ3) is 3.51. The number of nitrogens with one attached hydrogen (secondary N) is 1. The predicted octanol–water partition coefficient (Wildman–Crippen LogP) is 2.21. The molecule has 1 fully saturated rings. The zero-order valence-corrected chi connectivity index (χ0v) is 11.9.